The molecule has 0 N–H and O–H groups in total. The molecule has 1 aliphatic rings. The van der Waals surface area contributed by atoms with E-state index in [2.05, 4.69) is 4.98 Å². The number of pyridine rings is 1. The summed E-state index contributed by atoms with van der Waals surface area (Å²) in [6, 6.07) is 12.1. The Balaban J connectivity index is 1.94. The maximum atomic E-state index is 12.3. The minimum Gasteiger partial charge on any atom is -0.269 e. The van der Waals surface area contributed by atoms with Crippen molar-refractivity contribution in [3.8, 4) is 6.07 Å². The largest absolute Gasteiger partial charge is 0.269 e. The van der Waals surface area contributed by atoms with E-state index in [0.29, 0.717) is 16.8 Å². The molecule has 3 rings (SSSR count). The van der Waals surface area contributed by atoms with Crippen molar-refractivity contribution in [1.29, 1.82) is 5.26 Å². The Hall–Kier alpha value is -3.00. The summed E-state index contributed by atoms with van der Waals surface area (Å²) in [4.78, 5) is 29.8. The van der Waals surface area contributed by atoms with Crippen LogP contribution < -0.4 is 0 Å². The Morgan fingerprint density at radius 2 is 1.76 bits per heavy atom. The van der Waals surface area contributed by atoms with E-state index in [1.165, 1.54) is 0 Å². The molecule has 1 aromatic heterocycles. The van der Waals surface area contributed by atoms with E-state index in [1.54, 1.807) is 36.4 Å². The second-order valence-electron chi connectivity index (χ2n) is 4.87. The number of rotatable bonds is 2. The number of hydrogen-bond acceptors (Lipinski definition) is 4. The molecule has 0 saturated heterocycles. The van der Waals surface area contributed by atoms with Crippen molar-refractivity contribution in [2.75, 3.05) is 0 Å². The third kappa shape index (κ3) is 2.17. The molecule has 0 bridgehead atoms. The molecule has 2 heterocycles. The summed E-state index contributed by atoms with van der Waals surface area (Å²) in [6.45, 7) is 1.91. The third-order valence-electron chi connectivity index (χ3n) is 3.34. The number of nitrogens with zero attached hydrogens (tertiary/aromatic N) is 3. The molecule has 0 aliphatic carbocycles. The van der Waals surface area contributed by atoms with Gasteiger partial charge in [-0.25, -0.2) is 4.98 Å². The lowest BCUT2D eigenvalue weighted by Crippen LogP contribution is -2.29. The van der Waals surface area contributed by atoms with Crippen molar-refractivity contribution < 1.29 is 9.59 Å². The van der Waals surface area contributed by atoms with Gasteiger partial charge in [0.2, 0.25) is 0 Å². The first kappa shape index (κ1) is 13.0. The van der Waals surface area contributed by atoms with E-state index in [-0.39, 0.29) is 24.1 Å². The van der Waals surface area contributed by atoms with Gasteiger partial charge in [-0.2, -0.15) is 5.26 Å². The third-order valence-corrected chi connectivity index (χ3v) is 3.34. The lowest BCUT2D eigenvalue weighted by atomic mass is 10.1. The summed E-state index contributed by atoms with van der Waals surface area (Å²) < 4.78 is 0. The summed E-state index contributed by atoms with van der Waals surface area (Å²) in [7, 11) is 0. The number of carbonyl (C=O) groups is 2. The van der Waals surface area contributed by atoms with Gasteiger partial charge in [0, 0.05) is 0 Å². The predicted octanol–water partition coefficient (Wildman–Crippen LogP) is 2.06. The normalized spacial score (nSPS) is 13.2. The Labute approximate surface area is 121 Å². The first-order valence-electron chi connectivity index (χ1n) is 6.43. The van der Waals surface area contributed by atoms with Crippen molar-refractivity contribution in [3.05, 3.63) is 64.5 Å². The van der Waals surface area contributed by atoms with E-state index >= 15 is 0 Å². The van der Waals surface area contributed by atoms with E-state index in [9.17, 15) is 9.59 Å². The highest BCUT2D eigenvalue weighted by Gasteiger charge is 2.35. The molecular formula is C16H11N3O2. The molecule has 2 aromatic rings. The zero-order valence-electron chi connectivity index (χ0n) is 11.3. The lowest BCUT2D eigenvalue weighted by Gasteiger charge is -2.13. The highest BCUT2D eigenvalue weighted by Crippen LogP contribution is 2.24. The number of amides is 2. The van der Waals surface area contributed by atoms with Gasteiger partial charge in [0.1, 0.15) is 11.8 Å². The van der Waals surface area contributed by atoms with Crippen LogP contribution in [0.25, 0.3) is 0 Å². The SMILES string of the molecule is Cc1cc(C#N)nc(CN2C(=O)c3ccccc3C2=O)c1. The summed E-state index contributed by atoms with van der Waals surface area (Å²) in [6.07, 6.45) is 0. The van der Waals surface area contributed by atoms with E-state index in [1.807, 2.05) is 13.0 Å². The van der Waals surface area contributed by atoms with Gasteiger partial charge < -0.3 is 0 Å². The van der Waals surface area contributed by atoms with Crippen molar-refractivity contribution >= 4 is 11.8 Å². The number of aryl methyl sites for hydroxylation is 1. The summed E-state index contributed by atoms with van der Waals surface area (Å²) >= 11 is 0. The zero-order valence-corrected chi connectivity index (χ0v) is 11.3. The van der Waals surface area contributed by atoms with Gasteiger partial charge in [0.05, 0.1) is 23.4 Å². The van der Waals surface area contributed by atoms with E-state index in [4.69, 9.17) is 5.26 Å². The average molecular weight is 277 g/mol. The molecule has 5 nitrogen and oxygen atoms in total. The predicted molar refractivity (Wildman–Crippen MR) is 74.3 cm³/mol. The Morgan fingerprint density at radius 1 is 1.14 bits per heavy atom. The Bertz CT molecular complexity index is 770. The number of benzene rings is 1. The van der Waals surface area contributed by atoms with Crippen LogP contribution in [0.3, 0.4) is 0 Å². The van der Waals surface area contributed by atoms with E-state index in [0.717, 1.165) is 10.5 Å². The van der Waals surface area contributed by atoms with Gasteiger partial charge in [-0.15, -0.1) is 0 Å². The topological polar surface area (TPSA) is 74.1 Å². The average Bonchev–Trinajstić information content (AvgIpc) is 2.72. The first-order chi connectivity index (χ1) is 10.1. The van der Waals surface area contributed by atoms with Crippen molar-refractivity contribution in [3.63, 3.8) is 0 Å². The van der Waals surface area contributed by atoms with Crippen molar-refractivity contribution in [2.45, 2.75) is 13.5 Å². The lowest BCUT2D eigenvalue weighted by molar-refractivity contribution is 0.0640. The summed E-state index contributed by atoms with van der Waals surface area (Å²) in [5, 5.41) is 8.93. The van der Waals surface area contributed by atoms with Crippen LogP contribution >= 0.6 is 0 Å². The fraction of sp³-hybridized carbons (Fsp3) is 0.125. The molecule has 0 unspecified atom stereocenters. The van der Waals surface area contributed by atoms with Gasteiger partial charge in [-0.05, 0) is 36.8 Å². The Morgan fingerprint density at radius 3 is 2.33 bits per heavy atom. The quantitative estimate of drug-likeness (QED) is 0.787. The zero-order chi connectivity index (χ0) is 15.0. The fourth-order valence-electron chi connectivity index (χ4n) is 2.42. The van der Waals surface area contributed by atoms with Crippen molar-refractivity contribution in [1.82, 2.24) is 9.88 Å². The van der Waals surface area contributed by atoms with Crippen LogP contribution in [-0.2, 0) is 6.54 Å². The first-order valence-corrected chi connectivity index (χ1v) is 6.43. The Kier molecular flexibility index (Phi) is 2.99. The van der Waals surface area contributed by atoms with Crippen LogP contribution in [0, 0.1) is 18.3 Å². The highest BCUT2D eigenvalue weighted by molar-refractivity contribution is 6.21. The molecule has 0 fully saturated rings. The molecular weight excluding hydrogens is 266 g/mol. The highest BCUT2D eigenvalue weighted by atomic mass is 16.2. The number of hydrogen-bond donors (Lipinski definition) is 0. The number of fused-ring (bicyclic) bond motifs is 1. The second kappa shape index (κ2) is 4.84. The van der Waals surface area contributed by atoms with Gasteiger partial charge in [0.15, 0.2) is 0 Å². The van der Waals surface area contributed by atoms with Gasteiger partial charge >= 0.3 is 0 Å². The van der Waals surface area contributed by atoms with Crippen LogP contribution in [0.1, 0.15) is 37.7 Å². The molecule has 5 heteroatoms. The molecule has 21 heavy (non-hydrogen) atoms. The molecule has 1 aliphatic heterocycles. The van der Waals surface area contributed by atoms with Gasteiger partial charge in [-0.1, -0.05) is 12.1 Å². The monoisotopic (exact) mass is 277 g/mol. The molecule has 102 valence electrons. The molecule has 0 saturated carbocycles. The number of nitriles is 1. The molecule has 0 spiro atoms. The van der Waals surface area contributed by atoms with Crippen LogP contribution in [0.5, 0.6) is 0 Å². The van der Waals surface area contributed by atoms with Gasteiger partial charge in [-0.3, -0.25) is 14.5 Å². The molecule has 1 aromatic carbocycles. The fourth-order valence-corrected chi connectivity index (χ4v) is 2.42. The number of carbonyl (C=O) groups excluding carboxylic acids is 2. The van der Waals surface area contributed by atoms with Crippen LogP contribution in [-0.4, -0.2) is 21.7 Å². The maximum absolute atomic E-state index is 12.3. The van der Waals surface area contributed by atoms with E-state index < -0.39 is 0 Å². The molecule has 2 amide bonds. The minimum atomic E-state index is -0.322. The molecule has 0 atom stereocenters. The second-order valence-corrected chi connectivity index (χ2v) is 4.87. The molecule has 0 radical (unpaired) electrons. The van der Waals surface area contributed by atoms with Crippen molar-refractivity contribution in [2.24, 2.45) is 0 Å². The smallest absolute Gasteiger partial charge is 0.261 e. The number of imide groups is 1. The standard InChI is InChI=1S/C16H11N3O2/c1-10-6-11(8-17)18-12(7-10)9-19-15(20)13-4-2-3-5-14(13)16(19)21/h2-7H,9H2,1H3. The van der Waals surface area contributed by atoms with Crippen LogP contribution in [0.15, 0.2) is 36.4 Å². The number of aromatic nitrogens is 1. The minimum absolute atomic E-state index is 0.0721. The summed E-state index contributed by atoms with van der Waals surface area (Å²) in [5.74, 6) is -0.644. The van der Waals surface area contributed by atoms with Crippen LogP contribution in [0.2, 0.25) is 0 Å². The van der Waals surface area contributed by atoms with Gasteiger partial charge in [0.25, 0.3) is 11.8 Å². The van der Waals surface area contributed by atoms with Crippen LogP contribution in [0.4, 0.5) is 0 Å². The maximum Gasteiger partial charge on any atom is 0.261 e. The summed E-state index contributed by atoms with van der Waals surface area (Å²) in [5.41, 5.74) is 2.50.